The number of pyridine rings is 1. The van der Waals surface area contributed by atoms with Gasteiger partial charge >= 0.3 is 6.18 Å². The van der Waals surface area contributed by atoms with Gasteiger partial charge in [-0.3, -0.25) is 4.98 Å². The van der Waals surface area contributed by atoms with Crippen molar-refractivity contribution >= 4 is 28.9 Å². The minimum absolute atomic E-state index is 0.114. The quantitative estimate of drug-likeness (QED) is 0.623. The van der Waals surface area contributed by atoms with Crippen LogP contribution in [0.1, 0.15) is 17.0 Å². The number of halogens is 4. The van der Waals surface area contributed by atoms with Gasteiger partial charge in [0.25, 0.3) is 0 Å². The topological polar surface area (TPSA) is 62.7 Å². The van der Waals surface area contributed by atoms with Crippen LogP contribution in [-0.2, 0) is 12.7 Å². The number of nitrogens with one attached hydrogen (secondary N) is 2. The first-order chi connectivity index (χ1) is 12.8. The zero-order valence-corrected chi connectivity index (χ0v) is 14.9. The lowest BCUT2D eigenvalue weighted by Crippen LogP contribution is -2.07. The van der Waals surface area contributed by atoms with E-state index in [1.165, 1.54) is 6.07 Å². The minimum atomic E-state index is -4.46. The van der Waals surface area contributed by atoms with E-state index in [1.54, 1.807) is 25.4 Å². The second-order valence-electron chi connectivity index (χ2n) is 5.72. The van der Waals surface area contributed by atoms with Gasteiger partial charge in [0.05, 0.1) is 16.3 Å². The molecule has 3 rings (SSSR count). The Morgan fingerprint density at radius 3 is 2.56 bits per heavy atom. The first-order valence-corrected chi connectivity index (χ1v) is 8.31. The summed E-state index contributed by atoms with van der Waals surface area (Å²) in [5.74, 6) is 1.31. The van der Waals surface area contributed by atoms with E-state index in [1.807, 2.05) is 12.1 Å². The second kappa shape index (κ2) is 7.79. The number of rotatable bonds is 5. The Hall–Kier alpha value is -2.87. The molecule has 9 heteroatoms. The third-order valence-corrected chi connectivity index (χ3v) is 3.92. The van der Waals surface area contributed by atoms with Gasteiger partial charge in [0.1, 0.15) is 17.5 Å². The smallest absolute Gasteiger partial charge is 0.366 e. The van der Waals surface area contributed by atoms with Crippen LogP contribution >= 0.6 is 11.6 Å². The molecule has 1 aromatic carbocycles. The molecular weight excluding hydrogens is 379 g/mol. The summed E-state index contributed by atoms with van der Waals surface area (Å²) in [5, 5.41) is 6.12. The Labute approximate surface area is 158 Å². The molecule has 5 nitrogen and oxygen atoms in total. The van der Waals surface area contributed by atoms with Gasteiger partial charge in [-0.1, -0.05) is 17.7 Å². The summed E-state index contributed by atoms with van der Waals surface area (Å²) in [6.07, 6.45) is -1.05. The Morgan fingerprint density at radius 2 is 1.85 bits per heavy atom. The zero-order chi connectivity index (χ0) is 19.4. The molecule has 27 heavy (non-hydrogen) atoms. The number of hydrogen-bond acceptors (Lipinski definition) is 5. The molecule has 0 spiro atoms. The van der Waals surface area contributed by atoms with Crippen LogP contribution in [0.15, 0.2) is 48.8 Å². The predicted octanol–water partition coefficient (Wildman–Crippen LogP) is 5.21. The summed E-state index contributed by atoms with van der Waals surface area (Å²) < 4.78 is 38.7. The molecule has 140 valence electrons. The highest BCUT2D eigenvalue weighted by Gasteiger charge is 2.31. The van der Waals surface area contributed by atoms with Crippen LogP contribution in [-0.4, -0.2) is 15.0 Å². The van der Waals surface area contributed by atoms with Crippen LogP contribution in [0.3, 0.4) is 0 Å². The summed E-state index contributed by atoms with van der Waals surface area (Å²) in [6.45, 7) is 2.18. The first kappa shape index (κ1) is 18.9. The minimum Gasteiger partial charge on any atom is -0.366 e. The molecule has 0 aliphatic rings. The molecule has 0 aliphatic heterocycles. The van der Waals surface area contributed by atoms with Crippen molar-refractivity contribution in [2.24, 2.45) is 0 Å². The van der Waals surface area contributed by atoms with E-state index in [0.717, 1.165) is 17.7 Å². The third kappa shape index (κ3) is 5.07. The molecule has 3 aromatic rings. The van der Waals surface area contributed by atoms with Crippen molar-refractivity contribution in [3.8, 4) is 0 Å². The molecule has 0 radical (unpaired) electrons. The fourth-order valence-corrected chi connectivity index (χ4v) is 2.52. The normalized spacial score (nSPS) is 11.3. The van der Waals surface area contributed by atoms with E-state index in [9.17, 15) is 13.2 Å². The van der Waals surface area contributed by atoms with Crippen LogP contribution in [0.2, 0.25) is 5.02 Å². The summed E-state index contributed by atoms with van der Waals surface area (Å²) in [7, 11) is 0. The van der Waals surface area contributed by atoms with E-state index >= 15 is 0 Å². The molecule has 0 saturated heterocycles. The highest BCUT2D eigenvalue weighted by Crippen LogP contribution is 2.34. The van der Waals surface area contributed by atoms with Crippen molar-refractivity contribution in [2.75, 3.05) is 10.6 Å². The molecule has 0 amide bonds. The highest BCUT2D eigenvalue weighted by molar-refractivity contribution is 6.33. The lowest BCUT2D eigenvalue weighted by atomic mass is 10.2. The lowest BCUT2D eigenvalue weighted by Gasteiger charge is -2.13. The zero-order valence-electron chi connectivity index (χ0n) is 14.2. The van der Waals surface area contributed by atoms with Crippen LogP contribution in [0.4, 0.5) is 30.5 Å². The van der Waals surface area contributed by atoms with Gasteiger partial charge in [-0.2, -0.15) is 13.2 Å². The van der Waals surface area contributed by atoms with Crippen LogP contribution in [0.5, 0.6) is 0 Å². The number of aryl methyl sites for hydroxylation is 1. The number of nitrogens with zero attached hydrogens (tertiary/aromatic N) is 3. The van der Waals surface area contributed by atoms with Crippen molar-refractivity contribution < 1.29 is 13.2 Å². The number of anilines is 3. The maximum absolute atomic E-state index is 12.9. The van der Waals surface area contributed by atoms with Crippen molar-refractivity contribution in [1.82, 2.24) is 15.0 Å². The highest BCUT2D eigenvalue weighted by atomic mass is 35.5. The van der Waals surface area contributed by atoms with Gasteiger partial charge in [-0.05, 0) is 36.8 Å². The number of benzene rings is 1. The SMILES string of the molecule is Cc1nc(NCc2cccnc2)cc(Nc2cc(C(F)(F)F)ccc2Cl)n1. The van der Waals surface area contributed by atoms with Crippen LogP contribution in [0, 0.1) is 6.92 Å². The fraction of sp³-hybridized carbons (Fsp3) is 0.167. The second-order valence-corrected chi connectivity index (χ2v) is 6.13. The van der Waals surface area contributed by atoms with Gasteiger partial charge in [0.2, 0.25) is 0 Å². The molecule has 0 bridgehead atoms. The Balaban J connectivity index is 1.80. The van der Waals surface area contributed by atoms with E-state index in [4.69, 9.17) is 11.6 Å². The van der Waals surface area contributed by atoms with E-state index in [-0.39, 0.29) is 10.7 Å². The lowest BCUT2D eigenvalue weighted by molar-refractivity contribution is -0.137. The van der Waals surface area contributed by atoms with Crippen LogP contribution < -0.4 is 10.6 Å². The average Bonchev–Trinajstić information content (AvgIpc) is 2.61. The Kier molecular flexibility index (Phi) is 5.46. The van der Waals surface area contributed by atoms with E-state index in [2.05, 4.69) is 25.6 Å². The predicted molar refractivity (Wildman–Crippen MR) is 98.1 cm³/mol. The molecule has 0 unspecified atom stereocenters. The average molecular weight is 394 g/mol. The summed E-state index contributed by atoms with van der Waals surface area (Å²) in [4.78, 5) is 12.5. The summed E-state index contributed by atoms with van der Waals surface area (Å²) >= 11 is 6.02. The molecule has 0 saturated carbocycles. The summed E-state index contributed by atoms with van der Waals surface area (Å²) in [6, 6.07) is 8.41. The van der Waals surface area contributed by atoms with Gasteiger partial charge < -0.3 is 10.6 Å². The molecule has 2 aromatic heterocycles. The van der Waals surface area contributed by atoms with Crippen LogP contribution in [0.25, 0.3) is 0 Å². The Bertz CT molecular complexity index is 932. The molecule has 2 N–H and O–H groups in total. The number of aromatic nitrogens is 3. The van der Waals surface area contributed by atoms with Gasteiger partial charge in [0, 0.05) is 25.0 Å². The maximum Gasteiger partial charge on any atom is 0.416 e. The molecular formula is C18H15ClF3N5. The van der Waals surface area contributed by atoms with Gasteiger partial charge in [0.15, 0.2) is 0 Å². The fourth-order valence-electron chi connectivity index (χ4n) is 2.35. The van der Waals surface area contributed by atoms with Gasteiger partial charge in [-0.25, -0.2) is 9.97 Å². The van der Waals surface area contributed by atoms with Crippen molar-refractivity contribution in [2.45, 2.75) is 19.6 Å². The van der Waals surface area contributed by atoms with Crippen molar-refractivity contribution in [3.63, 3.8) is 0 Å². The summed E-state index contributed by atoms with van der Waals surface area (Å²) in [5.41, 5.74) is 0.280. The number of hydrogen-bond donors (Lipinski definition) is 2. The van der Waals surface area contributed by atoms with Crippen molar-refractivity contribution in [1.29, 1.82) is 0 Å². The number of alkyl halides is 3. The van der Waals surface area contributed by atoms with E-state index < -0.39 is 11.7 Å². The largest absolute Gasteiger partial charge is 0.416 e. The molecule has 0 aliphatic carbocycles. The molecule has 2 heterocycles. The maximum atomic E-state index is 12.9. The Morgan fingerprint density at radius 1 is 1.07 bits per heavy atom. The molecule has 0 fully saturated rings. The van der Waals surface area contributed by atoms with Crippen molar-refractivity contribution in [3.05, 3.63) is 70.8 Å². The van der Waals surface area contributed by atoms with E-state index in [0.29, 0.717) is 24.0 Å². The monoisotopic (exact) mass is 393 g/mol. The molecule has 0 atom stereocenters. The standard InChI is InChI=1S/C18H15ClF3N5/c1-11-25-16(24-10-12-3-2-6-23-9-12)8-17(26-11)27-15-7-13(18(20,21)22)4-5-14(15)19/h2-9H,10H2,1H3,(H2,24,25,26,27). The van der Waals surface area contributed by atoms with Gasteiger partial charge in [-0.15, -0.1) is 0 Å². The first-order valence-electron chi connectivity index (χ1n) is 7.93. The third-order valence-electron chi connectivity index (χ3n) is 3.59.